The summed E-state index contributed by atoms with van der Waals surface area (Å²) < 4.78 is 22.3. The zero-order valence-corrected chi connectivity index (χ0v) is 68.1. The number of hydrogen-bond donors (Lipinski definition) is 4. The second-order valence-corrected chi connectivity index (χ2v) is 29.4. The van der Waals surface area contributed by atoms with Crippen molar-refractivity contribution < 1.29 is 39.4 Å². The van der Waals surface area contributed by atoms with E-state index in [1.165, 1.54) is 61.0 Å². The summed E-state index contributed by atoms with van der Waals surface area (Å²) in [5.41, 5.74) is 5.69. The maximum Gasteiger partial charge on any atom is 0.320 e. The highest BCUT2D eigenvalue weighted by atomic mass is 16.5. The van der Waals surface area contributed by atoms with Crippen molar-refractivity contribution in [2.45, 2.75) is 20.8 Å². The van der Waals surface area contributed by atoms with Gasteiger partial charge in [0, 0.05) is 22.3 Å². The molecule has 4 heterocycles. The third-order valence-corrected chi connectivity index (χ3v) is 21.8. The first-order valence-corrected chi connectivity index (χ1v) is 40.9. The Morgan fingerprint density at radius 3 is 1.06 bits per heavy atom. The summed E-state index contributed by atoms with van der Waals surface area (Å²) in [7, 11) is 1.53. The Labute approximate surface area is 716 Å². The predicted molar refractivity (Wildman–Crippen MR) is 496 cm³/mol. The number of nitrogens with zero attached hydrogens (tertiary/aromatic N) is 12. The molecule has 604 valence electrons. The fourth-order valence-corrected chi connectivity index (χ4v) is 16.0. The van der Waals surface area contributed by atoms with Gasteiger partial charge in [0.2, 0.25) is 0 Å². The van der Waals surface area contributed by atoms with Crippen LogP contribution < -0.4 is 18.9 Å². The highest BCUT2D eigenvalue weighted by Crippen LogP contribution is 2.44. The number of ether oxygens (including phenoxy) is 4. The van der Waals surface area contributed by atoms with E-state index in [9.17, 15) is 20.4 Å². The Bertz CT molecular complexity index is 7820. The van der Waals surface area contributed by atoms with Gasteiger partial charge in [-0.25, -0.2) is 19.9 Å². The van der Waals surface area contributed by atoms with Gasteiger partial charge in [-0.2, -0.15) is 39.9 Å². The molecule has 18 aromatic carbocycles. The molecule has 0 radical (unpaired) electrons. The van der Waals surface area contributed by atoms with Crippen LogP contribution in [0.25, 0.3) is 199 Å². The first-order chi connectivity index (χ1) is 61.4. The van der Waals surface area contributed by atoms with Gasteiger partial charge < -0.3 is 39.4 Å². The number of hydrogen-bond acceptors (Lipinski definition) is 20. The van der Waals surface area contributed by atoms with Crippen molar-refractivity contribution in [1.82, 2.24) is 59.8 Å². The fraction of sp³-hybridized carbons (Fsp3) is 0.0667. The van der Waals surface area contributed by atoms with Crippen molar-refractivity contribution in [3.8, 4) is 138 Å². The van der Waals surface area contributed by atoms with E-state index in [-0.39, 0.29) is 47.0 Å². The van der Waals surface area contributed by atoms with Crippen LogP contribution in [0.1, 0.15) is 20.8 Å². The molecule has 22 rings (SSSR count). The molecule has 4 aromatic heterocycles. The Morgan fingerprint density at radius 1 is 0.208 bits per heavy atom. The van der Waals surface area contributed by atoms with Crippen molar-refractivity contribution in [3.63, 3.8) is 0 Å². The summed E-state index contributed by atoms with van der Waals surface area (Å²) in [6.07, 6.45) is 0. The van der Waals surface area contributed by atoms with Crippen molar-refractivity contribution in [1.29, 1.82) is 0 Å². The predicted octanol–water partition coefficient (Wildman–Crippen LogP) is 23.8. The van der Waals surface area contributed by atoms with E-state index >= 15 is 0 Å². The lowest BCUT2D eigenvalue weighted by atomic mass is 9.92. The van der Waals surface area contributed by atoms with Gasteiger partial charge >= 0.3 is 24.0 Å². The SMILES string of the molecule is CCOc1nc(-c2ccc3cc4ccccc4cc3c2)nc(-c2ccccc2O)n1.CCOc1nc(-c2ccccc2O)nc(-c2c3ccccc3cc3ccccc23)n1.CCOc1nc(-c2ccccc2O)nc(-c2cc3c4ccccc4ccc3c3ccccc23)n1.COc1nc(-c2ccccc2O)nc(-c2ccc3ccc4cccc5ccc2c3c45)n1. The van der Waals surface area contributed by atoms with E-state index in [4.69, 9.17) is 33.9 Å². The molecular weight excluding hydrogens is 1560 g/mol. The maximum atomic E-state index is 10.4. The number of aromatic nitrogens is 12. The van der Waals surface area contributed by atoms with E-state index in [1.54, 1.807) is 72.8 Å². The van der Waals surface area contributed by atoms with E-state index in [0.29, 0.717) is 88.7 Å². The molecule has 0 aliphatic carbocycles. The lowest BCUT2D eigenvalue weighted by molar-refractivity contribution is 0.312. The second-order valence-electron chi connectivity index (χ2n) is 29.4. The average molecular weight is 1630 g/mol. The quantitative estimate of drug-likeness (QED) is 0.0548. The molecule has 125 heavy (non-hydrogen) atoms. The molecule has 0 saturated heterocycles. The van der Waals surface area contributed by atoms with Gasteiger partial charge in [-0.1, -0.05) is 243 Å². The van der Waals surface area contributed by atoms with Gasteiger partial charge in [0.25, 0.3) is 0 Å². The summed E-state index contributed by atoms with van der Waals surface area (Å²) in [6.45, 7) is 6.95. The number of phenolic OH excluding ortho intramolecular Hbond substituents is 4. The summed E-state index contributed by atoms with van der Waals surface area (Å²) in [4.78, 5) is 54.8. The van der Waals surface area contributed by atoms with Crippen LogP contribution in [-0.4, -0.2) is 107 Å². The van der Waals surface area contributed by atoms with Crippen molar-refractivity contribution in [2.24, 2.45) is 0 Å². The molecule has 0 atom stereocenters. The van der Waals surface area contributed by atoms with Gasteiger partial charge in [-0.15, -0.1) is 0 Å². The molecule has 0 fully saturated rings. The number of benzene rings is 18. The van der Waals surface area contributed by atoms with Crippen LogP contribution in [0.5, 0.6) is 47.0 Å². The number of phenols is 4. The van der Waals surface area contributed by atoms with Gasteiger partial charge in [0.15, 0.2) is 46.6 Å². The molecule has 0 amide bonds. The molecule has 20 nitrogen and oxygen atoms in total. The molecule has 4 N–H and O–H groups in total. The van der Waals surface area contributed by atoms with Crippen LogP contribution >= 0.6 is 0 Å². The third-order valence-electron chi connectivity index (χ3n) is 21.8. The van der Waals surface area contributed by atoms with Crippen LogP contribution in [0.2, 0.25) is 0 Å². The maximum absolute atomic E-state index is 10.4. The molecule has 0 saturated carbocycles. The second kappa shape index (κ2) is 34.2. The van der Waals surface area contributed by atoms with Crippen molar-refractivity contribution >= 4 is 108 Å². The summed E-state index contributed by atoms with van der Waals surface area (Å²) in [5, 5.41) is 64.2. The first-order valence-electron chi connectivity index (χ1n) is 40.9. The van der Waals surface area contributed by atoms with E-state index in [2.05, 4.69) is 215 Å². The Morgan fingerprint density at radius 2 is 0.544 bits per heavy atom. The normalized spacial score (nSPS) is 11.3. The van der Waals surface area contributed by atoms with Gasteiger partial charge in [-0.05, 0) is 213 Å². The average Bonchev–Trinajstić information content (AvgIpc) is 0.739. The monoisotopic (exact) mass is 1630 g/mol. The number of fused-ring (bicyclic) bond motifs is 9. The highest BCUT2D eigenvalue weighted by molar-refractivity contribution is 6.26. The van der Waals surface area contributed by atoms with Crippen LogP contribution in [0.4, 0.5) is 0 Å². The largest absolute Gasteiger partial charge is 0.507 e. The third kappa shape index (κ3) is 15.6. The summed E-state index contributed by atoms with van der Waals surface area (Å²) in [5.74, 6) is 3.95. The molecule has 0 aliphatic rings. The van der Waals surface area contributed by atoms with Gasteiger partial charge in [0.1, 0.15) is 23.0 Å². The topological polar surface area (TPSA) is 273 Å². The van der Waals surface area contributed by atoms with Crippen LogP contribution in [0.3, 0.4) is 0 Å². The number of para-hydroxylation sites is 4. The number of rotatable bonds is 15. The lowest BCUT2D eigenvalue weighted by Crippen LogP contribution is -2.03. The van der Waals surface area contributed by atoms with Crippen molar-refractivity contribution in [3.05, 3.63) is 328 Å². The molecule has 0 bridgehead atoms. The number of methoxy groups -OCH3 is 1. The zero-order valence-electron chi connectivity index (χ0n) is 68.1. The standard InChI is InChI=1S/C29H21N3O2.C26H17N3O2.2C25H19N3O2/c1-2-34-29-31-27(23-13-7-8-14-26(23)33)30-28(32-29)25-17-24-19-10-4-3-9-18(19)15-16-22(24)20-11-5-6-12-21(20)25;1-31-26-28-24(27-25(29-26)20-7-2-3-8-21(20)30)19-14-12-17-10-9-15-5-4-6-16-11-13-18(19)23(17)22(15)16;1-2-30-25-27-23(20-13-7-8-14-21(20)29)26-24(28-25)22-18-11-5-3-9-16(18)15-17-10-4-6-12-19(17)22;1-2-30-25-27-23(26-24(28-25)21-9-5-6-10-22(21)29)19-12-11-18-13-16-7-3-4-8-17(16)14-20(18)15-19/h3-17,33H,2H2,1H3;2-14,30H,1H3;2*3-15,29H,2H2,1H3. The number of aromatic hydroxyl groups is 4. The van der Waals surface area contributed by atoms with E-state index in [1.807, 2.05) is 106 Å². The fourth-order valence-electron chi connectivity index (χ4n) is 16.0. The van der Waals surface area contributed by atoms with E-state index < -0.39 is 0 Å². The molecular formula is C105H76N12O8. The summed E-state index contributed by atoms with van der Waals surface area (Å²) in [6, 6.07) is 108. The lowest BCUT2D eigenvalue weighted by Gasteiger charge is -2.14. The van der Waals surface area contributed by atoms with Gasteiger partial charge in [0.05, 0.1) is 49.2 Å². The molecule has 22 aromatic rings. The molecule has 0 unspecified atom stereocenters. The minimum Gasteiger partial charge on any atom is -0.507 e. The molecule has 20 heteroatoms. The zero-order chi connectivity index (χ0) is 85.0. The van der Waals surface area contributed by atoms with E-state index in [0.717, 1.165) is 76.1 Å². The Balaban J connectivity index is 0.000000109. The Hall–Kier alpha value is -16.7. The van der Waals surface area contributed by atoms with Gasteiger partial charge in [-0.3, -0.25) is 0 Å². The van der Waals surface area contributed by atoms with Crippen LogP contribution in [0, 0.1) is 0 Å². The smallest absolute Gasteiger partial charge is 0.320 e. The van der Waals surface area contributed by atoms with Crippen LogP contribution in [0.15, 0.2) is 328 Å². The highest BCUT2D eigenvalue weighted by Gasteiger charge is 2.24. The van der Waals surface area contributed by atoms with Crippen LogP contribution in [-0.2, 0) is 0 Å². The van der Waals surface area contributed by atoms with Crippen molar-refractivity contribution in [2.75, 3.05) is 26.9 Å². The molecule has 0 spiro atoms. The minimum absolute atomic E-state index is 0.108. The molecule has 0 aliphatic heterocycles. The first kappa shape index (κ1) is 78.1. The summed E-state index contributed by atoms with van der Waals surface area (Å²) >= 11 is 0. The minimum atomic E-state index is 0.108. The Kier molecular flexibility index (Phi) is 21.4.